The first kappa shape index (κ1) is 15.6. The molecular weight excluding hydrogens is 353 g/mol. The van der Waals surface area contributed by atoms with Crippen LogP contribution in [-0.4, -0.2) is 17.5 Å². The molecule has 1 nitrogen and oxygen atoms in total. The summed E-state index contributed by atoms with van der Waals surface area (Å²) in [6, 6.07) is 2.22. The third-order valence-corrected chi connectivity index (χ3v) is 2.95. The Morgan fingerprint density at radius 2 is 1.44 bits per heavy atom. The Labute approximate surface area is 110 Å². The lowest BCUT2D eigenvalue weighted by Crippen LogP contribution is -2.54. The zero-order valence-electron chi connectivity index (χ0n) is 8.20. The first-order valence-electron chi connectivity index (χ1n) is 4.22. The maximum atomic E-state index is 12.5. The van der Waals surface area contributed by atoms with Gasteiger partial charge in [-0.05, 0) is 12.1 Å². The Morgan fingerprint density at radius 3 is 1.78 bits per heavy atom. The van der Waals surface area contributed by atoms with Gasteiger partial charge < -0.3 is 5.11 Å². The van der Waals surface area contributed by atoms with Gasteiger partial charge in [0.1, 0.15) is 0 Å². The van der Waals surface area contributed by atoms with Gasteiger partial charge >= 0.3 is 12.4 Å². The Morgan fingerprint density at radius 1 is 1.00 bits per heavy atom. The van der Waals surface area contributed by atoms with Gasteiger partial charge in [-0.1, -0.05) is 33.6 Å². The van der Waals surface area contributed by atoms with E-state index in [1.807, 2.05) is 0 Å². The largest absolute Gasteiger partial charge is 0.430 e. The second-order valence-electron chi connectivity index (χ2n) is 3.33. The number of rotatable bonds is 1. The van der Waals surface area contributed by atoms with E-state index in [0.717, 1.165) is 12.1 Å². The van der Waals surface area contributed by atoms with Crippen molar-refractivity contribution in [3.05, 3.63) is 33.3 Å². The fourth-order valence-electron chi connectivity index (χ4n) is 1.25. The lowest BCUT2D eigenvalue weighted by molar-refractivity contribution is -0.376. The quantitative estimate of drug-likeness (QED) is 0.738. The molecule has 1 N–H and O–H groups in total. The van der Waals surface area contributed by atoms with Gasteiger partial charge in [-0.15, -0.1) is 0 Å². The average Bonchev–Trinajstić information content (AvgIpc) is 2.12. The molecule has 102 valence electrons. The monoisotopic (exact) mass is 356 g/mol. The minimum Gasteiger partial charge on any atom is -0.369 e. The summed E-state index contributed by atoms with van der Waals surface area (Å²) in [7, 11) is 0. The molecule has 9 heteroatoms. The van der Waals surface area contributed by atoms with Crippen LogP contribution in [0.5, 0.6) is 0 Å². The van der Waals surface area contributed by atoms with E-state index in [0.29, 0.717) is 6.07 Å². The van der Waals surface area contributed by atoms with Crippen LogP contribution in [0.2, 0.25) is 5.02 Å². The van der Waals surface area contributed by atoms with Crippen LogP contribution in [0.15, 0.2) is 22.7 Å². The third-order valence-electron chi connectivity index (χ3n) is 2.14. The van der Waals surface area contributed by atoms with E-state index < -0.39 is 28.5 Å². The fourth-order valence-corrected chi connectivity index (χ4v) is 2.06. The van der Waals surface area contributed by atoms with Gasteiger partial charge in [0.05, 0.1) is 0 Å². The number of hydrogen-bond acceptors (Lipinski definition) is 1. The van der Waals surface area contributed by atoms with Crippen LogP contribution in [0, 0.1) is 0 Å². The van der Waals surface area contributed by atoms with Crippen molar-refractivity contribution in [3.63, 3.8) is 0 Å². The molecule has 0 spiro atoms. The molecular formula is C9H4BrClF6O. The van der Waals surface area contributed by atoms with Gasteiger partial charge in [-0.3, -0.25) is 0 Å². The summed E-state index contributed by atoms with van der Waals surface area (Å²) < 4.78 is 75.3. The van der Waals surface area contributed by atoms with Crippen molar-refractivity contribution in [1.82, 2.24) is 0 Å². The van der Waals surface area contributed by atoms with Crippen molar-refractivity contribution in [2.75, 3.05) is 0 Å². The molecule has 0 radical (unpaired) electrons. The number of alkyl halides is 6. The van der Waals surface area contributed by atoms with Crippen LogP contribution in [0.4, 0.5) is 26.3 Å². The summed E-state index contributed by atoms with van der Waals surface area (Å²) in [4.78, 5) is 0. The Hall–Kier alpha value is -0.470. The summed E-state index contributed by atoms with van der Waals surface area (Å²) in [6.45, 7) is 0. The topological polar surface area (TPSA) is 20.2 Å². The molecule has 0 fully saturated rings. The van der Waals surface area contributed by atoms with Crippen LogP contribution in [0.3, 0.4) is 0 Å². The first-order chi connectivity index (χ1) is 7.91. The van der Waals surface area contributed by atoms with Crippen molar-refractivity contribution in [2.24, 2.45) is 0 Å². The van der Waals surface area contributed by atoms with Crippen LogP contribution >= 0.6 is 27.5 Å². The summed E-state index contributed by atoms with van der Waals surface area (Å²) in [5.41, 5.74) is -6.47. The molecule has 0 amide bonds. The molecule has 0 saturated carbocycles. The Balaban J connectivity index is 3.56. The molecule has 1 aromatic carbocycles. The lowest BCUT2D eigenvalue weighted by Gasteiger charge is -2.33. The van der Waals surface area contributed by atoms with Gasteiger partial charge in [0.15, 0.2) is 0 Å². The first-order valence-corrected chi connectivity index (χ1v) is 5.39. The van der Waals surface area contributed by atoms with E-state index in [4.69, 9.17) is 16.7 Å². The number of halogens is 8. The van der Waals surface area contributed by atoms with Crippen molar-refractivity contribution in [3.8, 4) is 0 Å². The van der Waals surface area contributed by atoms with Crippen molar-refractivity contribution < 1.29 is 31.4 Å². The molecule has 1 aromatic rings. The van der Waals surface area contributed by atoms with Crippen LogP contribution in [0.1, 0.15) is 5.56 Å². The second-order valence-corrected chi connectivity index (χ2v) is 4.65. The molecule has 0 aliphatic heterocycles. The molecule has 0 saturated heterocycles. The SMILES string of the molecule is OC(c1ccc(Br)cc1Cl)(C(F)(F)F)C(F)(F)F. The highest BCUT2D eigenvalue weighted by Gasteiger charge is 2.72. The normalized spacial score (nSPS) is 13.8. The standard InChI is InChI=1S/C9H4BrClF6O/c10-4-1-2-5(6(11)3-4)7(18,8(12,13)14)9(15,16)17/h1-3,18H. The zero-order valence-corrected chi connectivity index (χ0v) is 10.5. The highest BCUT2D eigenvalue weighted by Crippen LogP contribution is 2.51. The van der Waals surface area contributed by atoms with E-state index >= 15 is 0 Å². The number of hydrogen-bond donors (Lipinski definition) is 1. The van der Waals surface area contributed by atoms with Gasteiger partial charge in [0.25, 0.3) is 5.60 Å². The third kappa shape index (κ3) is 2.46. The average molecular weight is 357 g/mol. The predicted octanol–water partition coefficient (Wildman–Crippen LogP) is 4.41. The molecule has 0 heterocycles. The van der Waals surface area contributed by atoms with E-state index in [-0.39, 0.29) is 4.47 Å². The van der Waals surface area contributed by atoms with Crippen LogP contribution in [-0.2, 0) is 5.60 Å². The maximum absolute atomic E-state index is 12.5. The predicted molar refractivity (Wildman–Crippen MR) is 55.2 cm³/mol. The molecule has 0 atom stereocenters. The van der Waals surface area contributed by atoms with Crippen molar-refractivity contribution in [1.29, 1.82) is 0 Å². The lowest BCUT2D eigenvalue weighted by atomic mass is 9.92. The summed E-state index contributed by atoms with van der Waals surface area (Å²) in [6.07, 6.45) is -11.9. The van der Waals surface area contributed by atoms with Crippen molar-refractivity contribution in [2.45, 2.75) is 18.0 Å². The Kier molecular flexibility index (Phi) is 3.96. The van der Waals surface area contributed by atoms with Crippen LogP contribution < -0.4 is 0 Å². The van der Waals surface area contributed by atoms with E-state index in [1.165, 1.54) is 0 Å². The molecule has 1 rings (SSSR count). The summed E-state index contributed by atoms with van der Waals surface area (Å²) in [5.74, 6) is 0. The van der Waals surface area contributed by atoms with Gasteiger partial charge in [-0.25, -0.2) is 0 Å². The van der Waals surface area contributed by atoms with E-state index in [2.05, 4.69) is 15.9 Å². The Bertz CT molecular complexity index is 441. The van der Waals surface area contributed by atoms with Gasteiger partial charge in [-0.2, -0.15) is 26.3 Å². The maximum Gasteiger partial charge on any atom is 0.430 e. The van der Waals surface area contributed by atoms with E-state index in [1.54, 1.807) is 0 Å². The molecule has 0 unspecified atom stereocenters. The van der Waals surface area contributed by atoms with Crippen LogP contribution in [0.25, 0.3) is 0 Å². The summed E-state index contributed by atoms with van der Waals surface area (Å²) >= 11 is 8.17. The van der Waals surface area contributed by atoms with Crippen molar-refractivity contribution >= 4 is 27.5 Å². The van der Waals surface area contributed by atoms with Gasteiger partial charge in [0.2, 0.25) is 0 Å². The fraction of sp³-hybridized carbons (Fsp3) is 0.333. The number of benzene rings is 1. The molecule has 18 heavy (non-hydrogen) atoms. The second kappa shape index (κ2) is 4.57. The highest BCUT2D eigenvalue weighted by atomic mass is 79.9. The smallest absolute Gasteiger partial charge is 0.369 e. The minimum absolute atomic E-state index is 0.183. The molecule has 0 aromatic heterocycles. The summed E-state index contributed by atoms with van der Waals surface area (Å²) in [5, 5.41) is 8.23. The number of aliphatic hydroxyl groups is 1. The molecule has 0 aliphatic carbocycles. The molecule has 0 bridgehead atoms. The van der Waals surface area contributed by atoms with Gasteiger partial charge in [0, 0.05) is 15.1 Å². The molecule has 0 aliphatic rings. The van der Waals surface area contributed by atoms with E-state index in [9.17, 15) is 26.3 Å². The minimum atomic E-state index is -5.94. The zero-order chi connectivity index (χ0) is 14.4. The highest BCUT2D eigenvalue weighted by molar-refractivity contribution is 9.10.